The molecule has 0 aliphatic heterocycles. The molecule has 0 aliphatic carbocycles. The number of pyridine rings is 1. The van der Waals surface area contributed by atoms with E-state index in [1.807, 2.05) is 18.2 Å². The average molecular weight is 424 g/mol. The molecule has 0 aliphatic rings. The third-order valence-corrected chi connectivity index (χ3v) is 6.37. The van der Waals surface area contributed by atoms with E-state index in [-0.39, 0.29) is 5.43 Å². The van der Waals surface area contributed by atoms with Gasteiger partial charge in [0.1, 0.15) is 16.2 Å². The highest BCUT2D eigenvalue weighted by atomic mass is 32.2. The van der Waals surface area contributed by atoms with Gasteiger partial charge >= 0.3 is 0 Å². The minimum atomic E-state index is -0.102. The normalized spacial score (nSPS) is 11.3. The lowest BCUT2D eigenvalue weighted by atomic mass is 10.2. The monoisotopic (exact) mass is 423 g/mol. The first-order chi connectivity index (χ1) is 14.1. The number of hydrogen-bond donors (Lipinski definition) is 1. The van der Waals surface area contributed by atoms with Crippen LogP contribution in [0.15, 0.2) is 64.8 Å². The minimum absolute atomic E-state index is 0.102. The molecule has 0 fully saturated rings. The maximum Gasteiger partial charge on any atom is 0.223 e. The van der Waals surface area contributed by atoms with Crippen molar-refractivity contribution >= 4 is 33.3 Å². The summed E-state index contributed by atoms with van der Waals surface area (Å²) in [6.45, 7) is 4.63. The summed E-state index contributed by atoms with van der Waals surface area (Å²) in [7, 11) is 0. The third kappa shape index (κ3) is 4.68. The van der Waals surface area contributed by atoms with Gasteiger partial charge in [0.05, 0.1) is 6.61 Å². The van der Waals surface area contributed by atoms with Crippen molar-refractivity contribution < 1.29 is 4.74 Å². The van der Waals surface area contributed by atoms with Gasteiger partial charge in [-0.25, -0.2) is 9.97 Å². The molecule has 3 heterocycles. The Morgan fingerprint density at radius 1 is 1.17 bits per heavy atom. The van der Waals surface area contributed by atoms with Gasteiger partial charge in [-0.05, 0) is 17.5 Å². The highest BCUT2D eigenvalue weighted by Crippen LogP contribution is 2.36. The fourth-order valence-electron chi connectivity index (χ4n) is 2.79. The Hall–Kier alpha value is -2.64. The zero-order chi connectivity index (χ0) is 20.2. The van der Waals surface area contributed by atoms with Crippen LogP contribution in [0.25, 0.3) is 20.7 Å². The van der Waals surface area contributed by atoms with Crippen LogP contribution in [0.5, 0.6) is 5.75 Å². The van der Waals surface area contributed by atoms with E-state index >= 15 is 0 Å². The van der Waals surface area contributed by atoms with Gasteiger partial charge in [0.25, 0.3) is 0 Å². The summed E-state index contributed by atoms with van der Waals surface area (Å²) in [6.07, 6.45) is 3.25. The second-order valence-electron chi connectivity index (χ2n) is 7.05. The highest BCUT2D eigenvalue weighted by Gasteiger charge is 2.11. The van der Waals surface area contributed by atoms with Crippen molar-refractivity contribution in [1.29, 1.82) is 0 Å². The first kappa shape index (κ1) is 19.7. The third-order valence-electron chi connectivity index (χ3n) is 4.22. The zero-order valence-electron chi connectivity index (χ0n) is 16.2. The van der Waals surface area contributed by atoms with Gasteiger partial charge in [-0.15, -0.1) is 11.3 Å². The maximum absolute atomic E-state index is 12.3. The van der Waals surface area contributed by atoms with E-state index in [4.69, 9.17) is 4.74 Å². The molecule has 0 atom stereocenters. The number of fused-ring (bicyclic) bond motifs is 1. The molecule has 1 aromatic carbocycles. The predicted molar refractivity (Wildman–Crippen MR) is 120 cm³/mol. The van der Waals surface area contributed by atoms with Gasteiger partial charge in [0, 0.05) is 34.0 Å². The summed E-state index contributed by atoms with van der Waals surface area (Å²) >= 11 is 3.25. The quantitative estimate of drug-likeness (QED) is 0.319. The van der Waals surface area contributed by atoms with Gasteiger partial charge in [-0.1, -0.05) is 55.9 Å². The molecule has 7 heteroatoms. The maximum atomic E-state index is 12.3. The van der Waals surface area contributed by atoms with Crippen molar-refractivity contribution in [3.05, 3.63) is 70.9 Å². The lowest BCUT2D eigenvalue weighted by molar-refractivity contribution is 0.268. The molecular weight excluding hydrogens is 402 g/mol. The van der Waals surface area contributed by atoms with Crippen molar-refractivity contribution in [2.75, 3.05) is 6.61 Å². The Bertz CT molecular complexity index is 1170. The van der Waals surface area contributed by atoms with Crippen LogP contribution in [0.3, 0.4) is 0 Å². The first-order valence-corrected chi connectivity index (χ1v) is 11.2. The summed E-state index contributed by atoms with van der Waals surface area (Å²) in [4.78, 5) is 26.4. The molecule has 0 spiro atoms. The van der Waals surface area contributed by atoms with E-state index in [9.17, 15) is 4.79 Å². The molecular formula is C22H21N3O2S2. The smallest absolute Gasteiger partial charge is 0.223 e. The Balaban J connectivity index is 1.52. The number of benzene rings is 1. The summed E-state index contributed by atoms with van der Waals surface area (Å²) in [6, 6.07) is 14.0. The number of nitrogens with one attached hydrogen (secondary N) is 1. The number of H-pyrrole nitrogens is 1. The van der Waals surface area contributed by atoms with Crippen LogP contribution < -0.4 is 10.2 Å². The minimum Gasteiger partial charge on any atom is -0.488 e. The molecule has 0 saturated heterocycles. The molecule has 3 aromatic heterocycles. The van der Waals surface area contributed by atoms with Crippen molar-refractivity contribution in [2.45, 2.75) is 24.6 Å². The van der Waals surface area contributed by atoms with Crippen LogP contribution >= 0.6 is 23.1 Å². The Kier molecular flexibility index (Phi) is 5.97. The van der Waals surface area contributed by atoms with E-state index in [1.165, 1.54) is 10.4 Å². The largest absolute Gasteiger partial charge is 0.488 e. The summed E-state index contributed by atoms with van der Waals surface area (Å²) in [5, 5.41) is 1.95. The molecule has 0 radical (unpaired) electrons. The molecule has 0 bridgehead atoms. The number of thioether (sulfide) groups is 1. The predicted octanol–water partition coefficient (Wildman–Crippen LogP) is 5.37. The van der Waals surface area contributed by atoms with E-state index in [0.717, 1.165) is 20.9 Å². The molecule has 4 aromatic rings. The highest BCUT2D eigenvalue weighted by molar-refractivity contribution is 7.98. The Morgan fingerprint density at radius 3 is 2.76 bits per heavy atom. The van der Waals surface area contributed by atoms with E-state index < -0.39 is 0 Å². The summed E-state index contributed by atoms with van der Waals surface area (Å²) in [5.74, 6) is 1.35. The lowest BCUT2D eigenvalue weighted by Crippen LogP contribution is -2.13. The van der Waals surface area contributed by atoms with Crippen molar-refractivity contribution in [3.8, 4) is 16.2 Å². The zero-order valence-corrected chi connectivity index (χ0v) is 17.8. The number of hydrogen-bond acceptors (Lipinski definition) is 6. The fraction of sp³-hybridized carbons (Fsp3) is 0.227. The molecule has 0 saturated carbocycles. The van der Waals surface area contributed by atoms with Crippen LogP contribution in [-0.4, -0.2) is 21.6 Å². The van der Waals surface area contributed by atoms with Gasteiger partial charge in [0.2, 0.25) is 5.43 Å². The second kappa shape index (κ2) is 8.80. The van der Waals surface area contributed by atoms with Gasteiger partial charge in [-0.2, -0.15) is 0 Å². The van der Waals surface area contributed by atoms with E-state index in [0.29, 0.717) is 24.0 Å². The van der Waals surface area contributed by atoms with Crippen LogP contribution in [0.2, 0.25) is 0 Å². The molecule has 5 nitrogen and oxygen atoms in total. The number of aromatic nitrogens is 3. The standard InChI is InChI=1S/C22H21N3O2S2/c1-14(2)11-27-19-10-23-16(8-18(19)26)12-28-21-17-9-20(15-6-4-3-5-7-15)29-22(17)25-13-24-21/h3-10,13-14H,11-12H2,1-2H3,(H,23,26). The van der Waals surface area contributed by atoms with E-state index in [2.05, 4.69) is 47.0 Å². The van der Waals surface area contributed by atoms with E-state index in [1.54, 1.807) is 41.7 Å². The van der Waals surface area contributed by atoms with Gasteiger partial charge in [0.15, 0.2) is 5.75 Å². The number of rotatable bonds is 7. The molecule has 0 amide bonds. The average Bonchev–Trinajstić information content (AvgIpc) is 3.17. The Labute approximate surface area is 177 Å². The fourth-order valence-corrected chi connectivity index (χ4v) is 4.75. The van der Waals surface area contributed by atoms with Crippen LogP contribution in [0.1, 0.15) is 19.5 Å². The second-order valence-corrected chi connectivity index (χ2v) is 9.05. The molecule has 148 valence electrons. The van der Waals surface area contributed by atoms with Gasteiger partial charge < -0.3 is 9.72 Å². The Morgan fingerprint density at radius 2 is 2.00 bits per heavy atom. The number of aromatic amines is 1. The number of nitrogens with zero attached hydrogens (tertiary/aromatic N) is 2. The molecule has 29 heavy (non-hydrogen) atoms. The SMILES string of the molecule is CC(C)COc1c[nH]c(CSc2ncnc3sc(-c4ccccc4)cc23)cc1=O. The lowest BCUT2D eigenvalue weighted by Gasteiger charge is -2.08. The molecule has 4 rings (SSSR count). The summed E-state index contributed by atoms with van der Waals surface area (Å²) in [5.41, 5.74) is 1.91. The van der Waals surface area contributed by atoms with Crippen LogP contribution in [0, 0.1) is 5.92 Å². The molecule has 0 unspecified atom stereocenters. The topological polar surface area (TPSA) is 67.9 Å². The van der Waals surface area contributed by atoms with Crippen molar-refractivity contribution in [1.82, 2.24) is 15.0 Å². The number of thiophene rings is 1. The van der Waals surface area contributed by atoms with Crippen molar-refractivity contribution in [2.24, 2.45) is 5.92 Å². The summed E-state index contributed by atoms with van der Waals surface area (Å²) < 4.78 is 5.55. The molecule has 1 N–H and O–H groups in total. The van der Waals surface area contributed by atoms with Crippen LogP contribution in [0.4, 0.5) is 0 Å². The number of ether oxygens (including phenoxy) is 1. The van der Waals surface area contributed by atoms with Gasteiger partial charge in [-0.3, -0.25) is 4.79 Å². The van der Waals surface area contributed by atoms with Crippen molar-refractivity contribution in [3.63, 3.8) is 0 Å². The van der Waals surface area contributed by atoms with Crippen LogP contribution in [-0.2, 0) is 5.75 Å². The first-order valence-electron chi connectivity index (χ1n) is 9.37.